The molecule has 0 spiro atoms. The lowest BCUT2D eigenvalue weighted by Gasteiger charge is -2.05. The minimum Gasteiger partial charge on any atom is -0.325 e. The van der Waals surface area contributed by atoms with Crippen LogP contribution < -0.4 is 5.32 Å². The molecule has 2 aromatic heterocycles. The molecule has 9 nitrogen and oxygen atoms in total. The number of carbonyl (C=O) groups excluding carboxylic acids is 1. The molecule has 0 fully saturated rings. The van der Waals surface area contributed by atoms with Gasteiger partial charge in [-0.1, -0.05) is 41.6 Å². The number of nitrogens with zero attached hydrogens (tertiary/aromatic N) is 5. The van der Waals surface area contributed by atoms with E-state index in [4.69, 9.17) is 0 Å². The number of rotatable bonds is 6. The topological polar surface area (TPSA) is 115 Å². The van der Waals surface area contributed by atoms with Crippen molar-refractivity contribution in [3.8, 4) is 11.3 Å². The Bertz CT molecular complexity index is 1220. The lowest BCUT2D eigenvalue weighted by Crippen LogP contribution is -2.14. The van der Waals surface area contributed by atoms with Crippen molar-refractivity contribution >= 4 is 34.7 Å². The van der Waals surface area contributed by atoms with Crippen molar-refractivity contribution in [1.82, 2.24) is 19.8 Å². The van der Waals surface area contributed by atoms with E-state index in [1.165, 1.54) is 41.6 Å². The predicted octanol–water partition coefficient (Wildman–Crippen LogP) is 3.74. The third-order valence-electron chi connectivity index (χ3n) is 4.28. The lowest BCUT2D eigenvalue weighted by atomic mass is 10.1. The summed E-state index contributed by atoms with van der Waals surface area (Å²) in [6.45, 7) is 2.02. The first-order chi connectivity index (χ1) is 14.5. The number of fused-ring (bicyclic) bond motifs is 1. The number of non-ortho nitro benzene ring substituents is 1. The number of hydrogen-bond acceptors (Lipinski definition) is 7. The minimum atomic E-state index is -0.490. The normalized spacial score (nSPS) is 10.8. The van der Waals surface area contributed by atoms with Gasteiger partial charge >= 0.3 is 0 Å². The van der Waals surface area contributed by atoms with Crippen LogP contribution in [0.15, 0.2) is 65.8 Å². The quantitative estimate of drug-likeness (QED) is 0.287. The molecule has 1 N–H and O–H groups in total. The Labute approximate surface area is 175 Å². The first-order valence-corrected chi connectivity index (χ1v) is 9.95. The molecule has 10 heteroatoms. The van der Waals surface area contributed by atoms with Crippen molar-refractivity contribution in [2.45, 2.75) is 12.1 Å². The van der Waals surface area contributed by atoms with Gasteiger partial charge in [0, 0.05) is 23.4 Å². The summed E-state index contributed by atoms with van der Waals surface area (Å²) >= 11 is 1.20. The summed E-state index contributed by atoms with van der Waals surface area (Å²) in [5.74, 6) is -0.172. The van der Waals surface area contributed by atoms with Gasteiger partial charge in [0.2, 0.25) is 11.1 Å². The Hall–Kier alpha value is -3.79. The third kappa shape index (κ3) is 4.28. The highest BCUT2D eigenvalue weighted by atomic mass is 32.2. The summed E-state index contributed by atoms with van der Waals surface area (Å²) in [6, 6.07) is 17.4. The van der Waals surface area contributed by atoms with E-state index >= 15 is 0 Å². The molecule has 0 unspecified atom stereocenters. The summed E-state index contributed by atoms with van der Waals surface area (Å²) in [5.41, 5.74) is 3.95. The fraction of sp³-hybridized carbons (Fsp3) is 0.100. The number of amides is 1. The third-order valence-corrected chi connectivity index (χ3v) is 5.20. The highest BCUT2D eigenvalue weighted by molar-refractivity contribution is 7.99. The average Bonchev–Trinajstić information content (AvgIpc) is 3.15. The molecule has 0 saturated carbocycles. The van der Waals surface area contributed by atoms with Gasteiger partial charge in [0.15, 0.2) is 5.65 Å². The van der Waals surface area contributed by atoms with Crippen molar-refractivity contribution in [2.24, 2.45) is 0 Å². The first-order valence-electron chi connectivity index (χ1n) is 8.96. The highest BCUT2D eigenvalue weighted by Gasteiger charge is 2.12. The fourth-order valence-electron chi connectivity index (χ4n) is 2.73. The second kappa shape index (κ2) is 8.29. The maximum absolute atomic E-state index is 12.2. The number of nitrogens with one attached hydrogen (secondary N) is 1. The molecule has 2 aromatic carbocycles. The van der Waals surface area contributed by atoms with Crippen LogP contribution in [0, 0.1) is 17.0 Å². The molecule has 2 heterocycles. The molecule has 0 bridgehead atoms. The Kier molecular flexibility index (Phi) is 5.40. The first kappa shape index (κ1) is 19.5. The van der Waals surface area contributed by atoms with E-state index in [9.17, 15) is 14.9 Å². The van der Waals surface area contributed by atoms with Crippen LogP contribution in [0.1, 0.15) is 5.56 Å². The molecule has 0 atom stereocenters. The second-order valence-electron chi connectivity index (χ2n) is 6.48. The number of thioether (sulfide) groups is 1. The SMILES string of the molecule is Cc1ccc(-c2ccc3nnc(SCC(=O)Nc4ccc([N+](=O)[O-])cc4)n3n2)cc1. The number of aromatic nitrogens is 4. The second-order valence-corrected chi connectivity index (χ2v) is 7.42. The number of nitro groups is 1. The molecule has 30 heavy (non-hydrogen) atoms. The molecule has 1 amide bonds. The van der Waals surface area contributed by atoms with E-state index in [0.717, 1.165) is 11.3 Å². The number of benzene rings is 2. The standard InChI is InChI=1S/C20H16N6O3S/c1-13-2-4-14(5-3-13)17-10-11-18-22-23-20(25(18)24-17)30-12-19(27)21-15-6-8-16(9-7-15)26(28)29/h2-11H,12H2,1H3,(H,21,27). The molecule has 0 aliphatic rings. The van der Waals surface area contributed by atoms with Gasteiger partial charge in [0.25, 0.3) is 5.69 Å². The molecule has 150 valence electrons. The van der Waals surface area contributed by atoms with Crippen molar-refractivity contribution in [1.29, 1.82) is 0 Å². The number of hydrogen-bond donors (Lipinski definition) is 1. The molecule has 4 aromatic rings. The Morgan fingerprint density at radius 1 is 1.07 bits per heavy atom. The van der Waals surface area contributed by atoms with Crippen LogP contribution in [-0.4, -0.2) is 36.4 Å². The molecule has 4 rings (SSSR count). The van der Waals surface area contributed by atoms with Crippen LogP contribution in [-0.2, 0) is 4.79 Å². The van der Waals surface area contributed by atoms with E-state index in [-0.39, 0.29) is 17.3 Å². The van der Waals surface area contributed by atoms with Crippen molar-refractivity contribution in [3.63, 3.8) is 0 Å². The maximum Gasteiger partial charge on any atom is 0.269 e. The summed E-state index contributed by atoms with van der Waals surface area (Å²) in [4.78, 5) is 22.4. The van der Waals surface area contributed by atoms with E-state index in [0.29, 0.717) is 16.5 Å². The van der Waals surface area contributed by atoms with Gasteiger partial charge in [-0.3, -0.25) is 14.9 Å². The zero-order chi connectivity index (χ0) is 21.1. The van der Waals surface area contributed by atoms with Crippen LogP contribution in [0.4, 0.5) is 11.4 Å². The molecule has 0 aliphatic carbocycles. The minimum absolute atomic E-state index is 0.0345. The van der Waals surface area contributed by atoms with Crippen molar-refractivity contribution < 1.29 is 9.72 Å². The summed E-state index contributed by atoms with van der Waals surface area (Å²) in [7, 11) is 0. The van der Waals surface area contributed by atoms with Crippen LogP contribution in [0.3, 0.4) is 0 Å². The van der Waals surface area contributed by atoms with E-state index in [1.54, 1.807) is 4.52 Å². The maximum atomic E-state index is 12.2. The van der Waals surface area contributed by atoms with Crippen LogP contribution in [0.25, 0.3) is 16.9 Å². The van der Waals surface area contributed by atoms with Gasteiger partial charge in [-0.05, 0) is 31.2 Å². The monoisotopic (exact) mass is 420 g/mol. The lowest BCUT2D eigenvalue weighted by molar-refractivity contribution is -0.384. The molecule has 0 radical (unpaired) electrons. The summed E-state index contributed by atoms with van der Waals surface area (Å²) in [6.07, 6.45) is 0. The van der Waals surface area contributed by atoms with E-state index in [2.05, 4.69) is 20.6 Å². The number of carbonyl (C=O) groups is 1. The molecule has 0 saturated heterocycles. The smallest absolute Gasteiger partial charge is 0.269 e. The highest BCUT2D eigenvalue weighted by Crippen LogP contribution is 2.21. The fourth-order valence-corrected chi connectivity index (χ4v) is 3.42. The van der Waals surface area contributed by atoms with Crippen molar-refractivity contribution in [2.75, 3.05) is 11.1 Å². The van der Waals surface area contributed by atoms with Gasteiger partial charge in [-0.2, -0.15) is 9.61 Å². The number of nitro benzene ring substituents is 1. The van der Waals surface area contributed by atoms with E-state index in [1.807, 2.05) is 43.3 Å². The van der Waals surface area contributed by atoms with Gasteiger partial charge < -0.3 is 5.32 Å². The van der Waals surface area contributed by atoms with Gasteiger partial charge in [-0.25, -0.2) is 0 Å². The average molecular weight is 420 g/mol. The summed E-state index contributed by atoms with van der Waals surface area (Å²) in [5, 5.41) is 26.7. The van der Waals surface area contributed by atoms with Gasteiger partial charge in [0.1, 0.15) is 0 Å². The number of anilines is 1. The van der Waals surface area contributed by atoms with Gasteiger partial charge in [0.05, 0.1) is 16.4 Å². The van der Waals surface area contributed by atoms with Crippen LogP contribution in [0.5, 0.6) is 0 Å². The molecule has 0 aliphatic heterocycles. The van der Waals surface area contributed by atoms with Gasteiger partial charge in [-0.15, -0.1) is 10.2 Å². The predicted molar refractivity (Wildman–Crippen MR) is 113 cm³/mol. The molecular formula is C20H16N6O3S. The Morgan fingerprint density at radius 3 is 2.50 bits per heavy atom. The zero-order valence-electron chi connectivity index (χ0n) is 15.8. The Morgan fingerprint density at radius 2 is 1.80 bits per heavy atom. The van der Waals surface area contributed by atoms with E-state index < -0.39 is 4.92 Å². The molecular weight excluding hydrogens is 404 g/mol. The van der Waals surface area contributed by atoms with Crippen molar-refractivity contribution in [3.05, 3.63) is 76.3 Å². The summed E-state index contributed by atoms with van der Waals surface area (Å²) < 4.78 is 1.61. The largest absolute Gasteiger partial charge is 0.325 e. The Balaban J connectivity index is 1.45. The van der Waals surface area contributed by atoms with Crippen LogP contribution >= 0.6 is 11.8 Å². The number of aryl methyl sites for hydroxylation is 1. The van der Waals surface area contributed by atoms with Crippen LogP contribution in [0.2, 0.25) is 0 Å². The zero-order valence-corrected chi connectivity index (χ0v) is 16.7.